The second kappa shape index (κ2) is 10.3. The van der Waals surface area contributed by atoms with Crippen LogP contribution in [0.2, 0.25) is 0 Å². The molecule has 28 heavy (non-hydrogen) atoms. The van der Waals surface area contributed by atoms with Crippen LogP contribution in [-0.2, 0) is 6.54 Å². The highest BCUT2D eigenvalue weighted by molar-refractivity contribution is 5.94. The first kappa shape index (κ1) is 20.4. The molecule has 0 saturated carbocycles. The fourth-order valence-electron chi connectivity index (χ4n) is 3.44. The summed E-state index contributed by atoms with van der Waals surface area (Å²) >= 11 is 0. The summed E-state index contributed by atoms with van der Waals surface area (Å²) in [5.41, 5.74) is 1.11. The summed E-state index contributed by atoms with van der Waals surface area (Å²) in [6.45, 7) is 6.67. The predicted molar refractivity (Wildman–Crippen MR) is 106 cm³/mol. The molecule has 1 fully saturated rings. The van der Waals surface area contributed by atoms with E-state index in [1.54, 1.807) is 0 Å². The van der Waals surface area contributed by atoms with E-state index in [0.29, 0.717) is 6.54 Å². The number of hydrogen-bond acceptors (Lipinski definition) is 3. The number of benzene rings is 2. The highest BCUT2D eigenvalue weighted by atomic mass is 19.1. The van der Waals surface area contributed by atoms with Gasteiger partial charge in [0.2, 0.25) is 0 Å². The van der Waals surface area contributed by atoms with Crippen molar-refractivity contribution in [2.45, 2.75) is 19.4 Å². The molecule has 1 aliphatic heterocycles. The van der Waals surface area contributed by atoms with Crippen LogP contribution in [0.15, 0.2) is 48.5 Å². The molecule has 0 aromatic heterocycles. The van der Waals surface area contributed by atoms with E-state index in [-0.39, 0.29) is 5.56 Å². The first-order valence-electron chi connectivity index (χ1n) is 9.84. The van der Waals surface area contributed by atoms with Crippen molar-refractivity contribution < 1.29 is 13.6 Å². The van der Waals surface area contributed by atoms with Gasteiger partial charge in [0.25, 0.3) is 5.91 Å². The zero-order valence-corrected chi connectivity index (χ0v) is 16.0. The maximum Gasteiger partial charge on any atom is 0.254 e. The molecule has 6 heteroatoms. The molecule has 1 heterocycles. The third-order valence-corrected chi connectivity index (χ3v) is 5.07. The van der Waals surface area contributed by atoms with Crippen LogP contribution < -0.4 is 5.32 Å². The average Bonchev–Trinajstić information content (AvgIpc) is 2.71. The highest BCUT2D eigenvalue weighted by Gasteiger charge is 2.16. The molecule has 2 aromatic carbocycles. The number of nitrogens with zero attached hydrogens (tertiary/aromatic N) is 2. The Morgan fingerprint density at radius 3 is 2.39 bits per heavy atom. The van der Waals surface area contributed by atoms with Gasteiger partial charge in [-0.1, -0.05) is 30.3 Å². The fraction of sp³-hybridized carbons (Fsp3) is 0.409. The lowest BCUT2D eigenvalue weighted by Crippen LogP contribution is -2.46. The van der Waals surface area contributed by atoms with Gasteiger partial charge in [0.15, 0.2) is 0 Å². The van der Waals surface area contributed by atoms with E-state index in [1.165, 1.54) is 5.56 Å². The van der Waals surface area contributed by atoms with Crippen molar-refractivity contribution in [2.75, 3.05) is 39.3 Å². The molecule has 0 radical (unpaired) electrons. The first-order valence-corrected chi connectivity index (χ1v) is 9.84. The highest BCUT2D eigenvalue weighted by Crippen LogP contribution is 2.10. The van der Waals surface area contributed by atoms with E-state index in [4.69, 9.17) is 0 Å². The molecular weight excluding hydrogens is 360 g/mol. The maximum absolute atomic E-state index is 13.6. The van der Waals surface area contributed by atoms with Crippen molar-refractivity contribution in [3.05, 3.63) is 71.3 Å². The first-order chi connectivity index (χ1) is 13.6. The van der Waals surface area contributed by atoms with E-state index in [9.17, 15) is 13.6 Å². The number of unbranched alkanes of at least 4 members (excludes halogenated alkanes) is 1. The largest absolute Gasteiger partial charge is 0.352 e. The topological polar surface area (TPSA) is 35.6 Å². The van der Waals surface area contributed by atoms with Gasteiger partial charge in [0.1, 0.15) is 11.6 Å². The van der Waals surface area contributed by atoms with Crippen LogP contribution in [0.3, 0.4) is 0 Å². The third kappa shape index (κ3) is 6.11. The Labute approximate surface area is 165 Å². The van der Waals surface area contributed by atoms with Gasteiger partial charge in [-0.25, -0.2) is 8.78 Å². The molecule has 0 atom stereocenters. The Morgan fingerprint density at radius 1 is 0.929 bits per heavy atom. The van der Waals surface area contributed by atoms with Gasteiger partial charge >= 0.3 is 0 Å². The summed E-state index contributed by atoms with van der Waals surface area (Å²) < 4.78 is 26.7. The monoisotopic (exact) mass is 387 g/mol. The van der Waals surface area contributed by atoms with Crippen LogP contribution in [-0.4, -0.2) is 55.0 Å². The van der Waals surface area contributed by atoms with Crippen molar-refractivity contribution >= 4 is 5.91 Å². The standard InChI is InChI=1S/C22H27F2N3O/c23-19-8-9-21(24)20(16-19)22(28)25-10-4-5-11-26-12-14-27(15-13-26)17-18-6-2-1-3-7-18/h1-3,6-9,16H,4-5,10-15,17H2,(H,25,28). The molecule has 1 saturated heterocycles. The van der Waals surface area contributed by atoms with Gasteiger partial charge in [0, 0.05) is 39.3 Å². The lowest BCUT2D eigenvalue weighted by atomic mass is 10.2. The van der Waals surface area contributed by atoms with Gasteiger partial charge in [-0.2, -0.15) is 0 Å². The maximum atomic E-state index is 13.6. The van der Waals surface area contributed by atoms with E-state index in [2.05, 4.69) is 39.4 Å². The van der Waals surface area contributed by atoms with Gasteiger partial charge in [0.05, 0.1) is 5.56 Å². The van der Waals surface area contributed by atoms with Crippen LogP contribution in [0, 0.1) is 11.6 Å². The summed E-state index contributed by atoms with van der Waals surface area (Å²) in [6.07, 6.45) is 1.78. The molecule has 0 spiro atoms. The number of piperazine rings is 1. The predicted octanol–water partition coefficient (Wildman–Crippen LogP) is 3.29. The van der Waals surface area contributed by atoms with Gasteiger partial charge in [-0.05, 0) is 43.1 Å². The zero-order chi connectivity index (χ0) is 19.8. The minimum atomic E-state index is -0.702. The van der Waals surface area contributed by atoms with E-state index < -0.39 is 17.5 Å². The van der Waals surface area contributed by atoms with Crippen LogP contribution in [0.4, 0.5) is 8.78 Å². The van der Waals surface area contributed by atoms with Gasteiger partial charge < -0.3 is 10.2 Å². The molecule has 0 bridgehead atoms. The Morgan fingerprint density at radius 2 is 1.64 bits per heavy atom. The number of amides is 1. The van der Waals surface area contributed by atoms with Crippen molar-refractivity contribution in [3.8, 4) is 0 Å². The third-order valence-electron chi connectivity index (χ3n) is 5.07. The molecule has 0 unspecified atom stereocenters. The molecule has 4 nitrogen and oxygen atoms in total. The van der Waals surface area contributed by atoms with Crippen molar-refractivity contribution in [2.24, 2.45) is 0 Å². The summed E-state index contributed by atoms with van der Waals surface area (Å²) in [7, 11) is 0. The molecule has 1 aliphatic rings. The smallest absolute Gasteiger partial charge is 0.254 e. The Kier molecular flexibility index (Phi) is 7.51. The second-order valence-corrected chi connectivity index (χ2v) is 7.19. The average molecular weight is 387 g/mol. The lowest BCUT2D eigenvalue weighted by Gasteiger charge is -2.34. The molecule has 2 aromatic rings. The second-order valence-electron chi connectivity index (χ2n) is 7.19. The zero-order valence-electron chi connectivity index (χ0n) is 16.0. The lowest BCUT2D eigenvalue weighted by molar-refractivity contribution is 0.0946. The number of carbonyl (C=O) groups is 1. The number of hydrogen-bond donors (Lipinski definition) is 1. The normalized spacial score (nSPS) is 15.5. The summed E-state index contributed by atoms with van der Waals surface area (Å²) in [4.78, 5) is 16.8. The minimum absolute atomic E-state index is 0.241. The number of nitrogens with one attached hydrogen (secondary N) is 1. The molecular formula is C22H27F2N3O. The van der Waals surface area contributed by atoms with Crippen LogP contribution >= 0.6 is 0 Å². The Bertz CT molecular complexity index is 762. The van der Waals surface area contributed by atoms with E-state index >= 15 is 0 Å². The summed E-state index contributed by atoms with van der Waals surface area (Å²) in [5.74, 6) is -1.88. The van der Waals surface area contributed by atoms with Crippen LogP contribution in [0.25, 0.3) is 0 Å². The molecule has 1 amide bonds. The van der Waals surface area contributed by atoms with Gasteiger partial charge in [-0.15, -0.1) is 0 Å². The molecule has 1 N–H and O–H groups in total. The molecule has 150 valence electrons. The van der Waals surface area contributed by atoms with Crippen LogP contribution in [0.1, 0.15) is 28.8 Å². The minimum Gasteiger partial charge on any atom is -0.352 e. The van der Waals surface area contributed by atoms with E-state index in [0.717, 1.165) is 70.3 Å². The fourth-order valence-corrected chi connectivity index (χ4v) is 3.44. The quantitative estimate of drug-likeness (QED) is 0.706. The summed E-state index contributed by atoms with van der Waals surface area (Å²) in [6, 6.07) is 13.4. The molecule has 0 aliphatic carbocycles. The van der Waals surface area contributed by atoms with Crippen molar-refractivity contribution in [1.29, 1.82) is 0 Å². The number of carbonyl (C=O) groups excluding carboxylic acids is 1. The Balaban J connectivity index is 1.29. The van der Waals surface area contributed by atoms with Crippen molar-refractivity contribution in [3.63, 3.8) is 0 Å². The van der Waals surface area contributed by atoms with Crippen LogP contribution in [0.5, 0.6) is 0 Å². The van der Waals surface area contributed by atoms with Gasteiger partial charge in [-0.3, -0.25) is 9.69 Å². The van der Waals surface area contributed by atoms with Crippen molar-refractivity contribution in [1.82, 2.24) is 15.1 Å². The number of rotatable bonds is 8. The molecule has 3 rings (SSSR count). The van der Waals surface area contributed by atoms with E-state index in [1.807, 2.05) is 6.07 Å². The summed E-state index contributed by atoms with van der Waals surface area (Å²) in [5, 5.41) is 2.67. The SMILES string of the molecule is O=C(NCCCCN1CCN(Cc2ccccc2)CC1)c1cc(F)ccc1F. The number of halogens is 2. The Hall–Kier alpha value is -2.31.